The van der Waals surface area contributed by atoms with Crippen molar-refractivity contribution in [3.63, 3.8) is 0 Å². The van der Waals surface area contributed by atoms with Crippen LogP contribution in [0.1, 0.15) is 49.3 Å². The van der Waals surface area contributed by atoms with E-state index in [1.54, 1.807) is 0 Å². The Morgan fingerprint density at radius 1 is 1.35 bits per heavy atom. The van der Waals surface area contributed by atoms with Crippen molar-refractivity contribution in [1.29, 1.82) is 0 Å². The first-order chi connectivity index (χ1) is 12.6. The highest BCUT2D eigenvalue weighted by Crippen LogP contribution is 2.26. The van der Waals surface area contributed by atoms with Gasteiger partial charge in [-0.05, 0) is 25.3 Å². The molecule has 0 aliphatic carbocycles. The molecule has 2 aromatic heterocycles. The number of hydrogen-bond donors (Lipinski definition) is 1. The molecule has 1 atom stereocenters. The largest absolute Gasteiger partial charge is 0.356 e. The van der Waals surface area contributed by atoms with E-state index in [-0.39, 0.29) is 0 Å². The molecule has 26 heavy (non-hydrogen) atoms. The molecule has 0 saturated carbocycles. The minimum atomic E-state index is 0.513. The van der Waals surface area contributed by atoms with E-state index in [0.29, 0.717) is 12.5 Å². The number of rotatable bonds is 6. The predicted molar refractivity (Wildman–Crippen MR) is 102 cm³/mol. The number of nitrogens with one attached hydrogen (secondary N) is 1. The van der Waals surface area contributed by atoms with Crippen molar-refractivity contribution >= 4 is 5.96 Å². The first kappa shape index (κ1) is 18.4. The Labute approximate surface area is 155 Å². The first-order valence-electron chi connectivity index (χ1n) is 9.45. The van der Waals surface area contributed by atoms with Crippen LogP contribution in [-0.2, 0) is 20.6 Å². The van der Waals surface area contributed by atoms with E-state index < -0.39 is 0 Å². The lowest BCUT2D eigenvalue weighted by molar-refractivity contribution is 0.481. The molecule has 0 aromatic carbocycles. The maximum absolute atomic E-state index is 4.84. The van der Waals surface area contributed by atoms with Crippen LogP contribution in [-0.4, -0.2) is 55.0 Å². The Kier molecular flexibility index (Phi) is 5.90. The fraction of sp³-hybridized carbons (Fsp3) is 0.667. The average Bonchev–Trinajstić information content (AvgIpc) is 3.34. The molecule has 0 spiro atoms. The van der Waals surface area contributed by atoms with Gasteiger partial charge in [0.15, 0.2) is 11.8 Å². The summed E-state index contributed by atoms with van der Waals surface area (Å²) in [5.74, 6) is 3.29. The van der Waals surface area contributed by atoms with Crippen molar-refractivity contribution in [3.8, 4) is 0 Å². The molecule has 8 heteroatoms. The van der Waals surface area contributed by atoms with Gasteiger partial charge in [-0.25, -0.2) is 4.99 Å². The number of aryl methyl sites for hydroxylation is 2. The second-order valence-electron chi connectivity index (χ2n) is 7.02. The van der Waals surface area contributed by atoms with E-state index in [1.165, 1.54) is 12.0 Å². The van der Waals surface area contributed by atoms with Gasteiger partial charge in [-0.15, -0.1) is 10.2 Å². The standard InChI is InChI=1S/C18H30N8/c1-5-6-8-19-18(20-11-17-23-22-14(2)25(17)4)26-9-7-15(13-26)16-10-21-24(3)12-16/h10,12,15H,5-9,11,13H2,1-4H3,(H,19,20). The van der Waals surface area contributed by atoms with E-state index in [4.69, 9.17) is 4.99 Å². The van der Waals surface area contributed by atoms with Gasteiger partial charge in [-0.2, -0.15) is 5.10 Å². The monoisotopic (exact) mass is 358 g/mol. The van der Waals surface area contributed by atoms with Gasteiger partial charge >= 0.3 is 0 Å². The number of hydrogen-bond acceptors (Lipinski definition) is 4. The summed E-state index contributed by atoms with van der Waals surface area (Å²) in [4.78, 5) is 7.20. The molecule has 1 saturated heterocycles. The van der Waals surface area contributed by atoms with Crippen LogP contribution in [0.2, 0.25) is 0 Å². The fourth-order valence-corrected chi connectivity index (χ4v) is 3.25. The van der Waals surface area contributed by atoms with E-state index in [1.807, 2.05) is 36.5 Å². The smallest absolute Gasteiger partial charge is 0.194 e. The van der Waals surface area contributed by atoms with Crippen LogP contribution in [0.5, 0.6) is 0 Å². The maximum Gasteiger partial charge on any atom is 0.194 e. The summed E-state index contributed by atoms with van der Waals surface area (Å²) in [5, 5.41) is 16.2. The third-order valence-corrected chi connectivity index (χ3v) is 5.05. The molecule has 3 heterocycles. The van der Waals surface area contributed by atoms with Gasteiger partial charge in [-0.3, -0.25) is 4.68 Å². The summed E-state index contributed by atoms with van der Waals surface area (Å²) >= 11 is 0. The molecule has 1 unspecified atom stereocenters. The zero-order chi connectivity index (χ0) is 18.5. The van der Waals surface area contributed by atoms with Crippen LogP contribution in [0, 0.1) is 6.92 Å². The van der Waals surface area contributed by atoms with Gasteiger partial charge < -0.3 is 14.8 Å². The van der Waals surface area contributed by atoms with Crippen molar-refractivity contribution in [3.05, 3.63) is 29.6 Å². The summed E-state index contributed by atoms with van der Waals surface area (Å²) in [7, 11) is 3.96. The second-order valence-corrected chi connectivity index (χ2v) is 7.02. The van der Waals surface area contributed by atoms with Gasteiger partial charge in [0.1, 0.15) is 12.4 Å². The number of guanidine groups is 1. The summed E-state index contributed by atoms with van der Waals surface area (Å²) in [6.07, 6.45) is 7.54. The maximum atomic E-state index is 4.84. The number of aromatic nitrogens is 5. The molecule has 2 aromatic rings. The van der Waals surface area contributed by atoms with E-state index in [2.05, 4.69) is 38.6 Å². The zero-order valence-corrected chi connectivity index (χ0v) is 16.3. The lowest BCUT2D eigenvalue weighted by Crippen LogP contribution is -2.40. The summed E-state index contributed by atoms with van der Waals surface area (Å²) in [6, 6.07) is 0. The summed E-state index contributed by atoms with van der Waals surface area (Å²) in [5.41, 5.74) is 1.31. The Morgan fingerprint density at radius 3 is 2.85 bits per heavy atom. The molecule has 3 rings (SSSR count). The Morgan fingerprint density at radius 2 is 2.19 bits per heavy atom. The highest BCUT2D eigenvalue weighted by molar-refractivity contribution is 5.80. The van der Waals surface area contributed by atoms with Crippen LogP contribution in [0.15, 0.2) is 17.4 Å². The molecule has 0 amide bonds. The Bertz CT molecular complexity index is 744. The molecule has 0 bridgehead atoms. The number of nitrogens with zero attached hydrogens (tertiary/aromatic N) is 7. The highest BCUT2D eigenvalue weighted by Gasteiger charge is 2.27. The molecule has 142 valence electrons. The lowest BCUT2D eigenvalue weighted by atomic mass is 10.0. The van der Waals surface area contributed by atoms with E-state index in [0.717, 1.165) is 50.1 Å². The summed E-state index contributed by atoms with van der Waals surface area (Å²) < 4.78 is 3.87. The molecule has 1 aliphatic heterocycles. The predicted octanol–water partition coefficient (Wildman–Crippen LogP) is 1.59. The normalized spacial score (nSPS) is 17.9. The van der Waals surface area contributed by atoms with Crippen molar-refractivity contribution in [2.24, 2.45) is 19.1 Å². The fourth-order valence-electron chi connectivity index (χ4n) is 3.25. The molecule has 0 radical (unpaired) electrons. The molecule has 1 aliphatic rings. The van der Waals surface area contributed by atoms with Gasteiger partial charge in [0.2, 0.25) is 0 Å². The zero-order valence-electron chi connectivity index (χ0n) is 16.3. The second kappa shape index (κ2) is 8.33. The lowest BCUT2D eigenvalue weighted by Gasteiger charge is -2.22. The minimum absolute atomic E-state index is 0.513. The van der Waals surface area contributed by atoms with Gasteiger partial charge in [0.25, 0.3) is 0 Å². The molecule has 1 N–H and O–H groups in total. The van der Waals surface area contributed by atoms with Gasteiger partial charge in [0, 0.05) is 45.8 Å². The van der Waals surface area contributed by atoms with Gasteiger partial charge in [-0.1, -0.05) is 13.3 Å². The van der Waals surface area contributed by atoms with E-state index in [9.17, 15) is 0 Å². The number of unbranched alkanes of at least 4 members (excludes halogenated alkanes) is 1. The van der Waals surface area contributed by atoms with Crippen molar-refractivity contribution < 1.29 is 0 Å². The number of aliphatic imine (C=N–C) groups is 1. The Hall–Kier alpha value is -2.38. The quantitative estimate of drug-likeness (QED) is 0.482. The third kappa shape index (κ3) is 4.23. The Balaban J connectivity index is 1.69. The SMILES string of the molecule is CCCCNC(=NCc1nnc(C)n1C)N1CCC(c2cnn(C)c2)C1. The average molecular weight is 358 g/mol. The van der Waals surface area contributed by atoms with Crippen LogP contribution < -0.4 is 5.32 Å². The van der Waals surface area contributed by atoms with E-state index >= 15 is 0 Å². The number of likely N-dealkylation sites (tertiary alicyclic amines) is 1. The van der Waals surface area contributed by atoms with Crippen LogP contribution >= 0.6 is 0 Å². The topological polar surface area (TPSA) is 76.2 Å². The molecule has 1 fully saturated rings. The van der Waals surface area contributed by atoms with Gasteiger partial charge in [0.05, 0.1) is 6.20 Å². The first-order valence-corrected chi connectivity index (χ1v) is 9.45. The molecular formula is C18H30N8. The third-order valence-electron chi connectivity index (χ3n) is 5.05. The van der Waals surface area contributed by atoms with Crippen molar-refractivity contribution in [2.45, 2.75) is 45.6 Å². The van der Waals surface area contributed by atoms with Crippen LogP contribution in [0.4, 0.5) is 0 Å². The molecular weight excluding hydrogens is 328 g/mol. The minimum Gasteiger partial charge on any atom is -0.356 e. The highest BCUT2D eigenvalue weighted by atomic mass is 15.3. The van der Waals surface area contributed by atoms with Crippen molar-refractivity contribution in [2.75, 3.05) is 19.6 Å². The summed E-state index contributed by atoms with van der Waals surface area (Å²) in [6.45, 7) is 7.63. The molecule has 8 nitrogen and oxygen atoms in total. The van der Waals surface area contributed by atoms with Crippen LogP contribution in [0.25, 0.3) is 0 Å². The van der Waals surface area contributed by atoms with Crippen molar-refractivity contribution in [1.82, 2.24) is 34.8 Å². The van der Waals surface area contributed by atoms with Crippen LogP contribution in [0.3, 0.4) is 0 Å².